The fourth-order valence-corrected chi connectivity index (χ4v) is 0. The normalized spacial score (nSPS) is 6.25. The highest BCUT2D eigenvalue weighted by Crippen LogP contribution is 1.63. The molecule has 0 unspecified atom stereocenters. The van der Waals surface area contributed by atoms with Crippen LogP contribution in [0.3, 0.4) is 0 Å². The number of primary amides is 1. The van der Waals surface area contributed by atoms with Gasteiger partial charge in [-0.2, -0.15) is 5.26 Å². The first-order chi connectivity index (χ1) is 5.60. The lowest BCUT2D eigenvalue weighted by Gasteiger charge is -1.73. The maximum Gasteiger partial charge on any atom is 0.217 e. The Morgan fingerprint density at radius 3 is 1.50 bits per heavy atom. The molecule has 2 N–H and O–H groups in total. The van der Waals surface area contributed by atoms with Gasteiger partial charge in [0.15, 0.2) is 0 Å². The standard InChI is InChI=1S/C3H7NO.C3H5N.C3H8/c1-2-3(4)5;1-2-3-4;1-3-2/h2H2,1H3,(H2,4,5);2H2,1H3;3H2,1-2H3. The summed E-state index contributed by atoms with van der Waals surface area (Å²) in [6.45, 7) is 7.79. The van der Waals surface area contributed by atoms with Crippen molar-refractivity contribution in [2.75, 3.05) is 0 Å². The summed E-state index contributed by atoms with van der Waals surface area (Å²) in [6, 6.07) is 1.93. The minimum Gasteiger partial charge on any atom is -0.370 e. The largest absolute Gasteiger partial charge is 0.370 e. The highest BCUT2D eigenvalue weighted by atomic mass is 16.1. The quantitative estimate of drug-likeness (QED) is 0.659. The van der Waals surface area contributed by atoms with E-state index in [0.717, 1.165) is 0 Å². The van der Waals surface area contributed by atoms with E-state index < -0.39 is 0 Å². The van der Waals surface area contributed by atoms with Gasteiger partial charge in [-0.1, -0.05) is 34.1 Å². The molecule has 0 saturated carbocycles. The summed E-state index contributed by atoms with van der Waals surface area (Å²) in [5.74, 6) is -0.245. The molecule has 0 aromatic rings. The third kappa shape index (κ3) is 148. The molecule has 3 heteroatoms. The van der Waals surface area contributed by atoms with Gasteiger partial charge in [0.25, 0.3) is 0 Å². The first kappa shape index (κ1) is 17.2. The van der Waals surface area contributed by atoms with Crippen LogP contribution in [-0.4, -0.2) is 5.91 Å². The third-order valence-electron chi connectivity index (χ3n) is 0.507. The lowest BCUT2D eigenvalue weighted by atomic mass is 10.5. The molecule has 72 valence electrons. The fourth-order valence-electron chi connectivity index (χ4n) is 0. The molecule has 0 aromatic carbocycles. The Morgan fingerprint density at radius 2 is 1.50 bits per heavy atom. The van der Waals surface area contributed by atoms with Gasteiger partial charge in [0.05, 0.1) is 6.07 Å². The minimum atomic E-state index is -0.245. The number of hydrogen-bond donors (Lipinski definition) is 1. The van der Waals surface area contributed by atoms with Crippen molar-refractivity contribution in [3.05, 3.63) is 0 Å². The van der Waals surface area contributed by atoms with E-state index in [9.17, 15) is 4.79 Å². The van der Waals surface area contributed by atoms with Crippen molar-refractivity contribution in [3.63, 3.8) is 0 Å². The van der Waals surface area contributed by atoms with Crippen LogP contribution >= 0.6 is 0 Å². The van der Waals surface area contributed by atoms with Crippen molar-refractivity contribution in [1.29, 1.82) is 5.26 Å². The molecule has 3 nitrogen and oxygen atoms in total. The molecule has 0 aliphatic heterocycles. The second-order valence-electron chi connectivity index (χ2n) is 2.04. The maximum atomic E-state index is 9.59. The molecule has 0 heterocycles. The van der Waals surface area contributed by atoms with E-state index in [1.54, 1.807) is 6.92 Å². The molecule has 0 rings (SSSR count). The van der Waals surface area contributed by atoms with Crippen LogP contribution in [0.2, 0.25) is 0 Å². The summed E-state index contributed by atoms with van der Waals surface area (Å²) in [5, 5.41) is 7.62. The molecule has 12 heavy (non-hydrogen) atoms. The monoisotopic (exact) mass is 172 g/mol. The fraction of sp³-hybridized carbons (Fsp3) is 0.778. The second kappa shape index (κ2) is 22.5. The van der Waals surface area contributed by atoms with Crippen LogP contribution in [-0.2, 0) is 4.79 Å². The summed E-state index contributed by atoms with van der Waals surface area (Å²) in [4.78, 5) is 9.59. The zero-order valence-electron chi connectivity index (χ0n) is 8.55. The summed E-state index contributed by atoms with van der Waals surface area (Å²) in [5.41, 5.74) is 4.65. The van der Waals surface area contributed by atoms with Crippen molar-refractivity contribution < 1.29 is 4.79 Å². The van der Waals surface area contributed by atoms with Crippen LogP contribution in [0.5, 0.6) is 0 Å². The Balaban J connectivity index is -0.000000105. The Kier molecular flexibility index (Phi) is 32.2. The van der Waals surface area contributed by atoms with Gasteiger partial charge < -0.3 is 5.73 Å². The van der Waals surface area contributed by atoms with E-state index in [2.05, 4.69) is 19.6 Å². The molecule has 0 aromatic heterocycles. The van der Waals surface area contributed by atoms with E-state index >= 15 is 0 Å². The van der Waals surface area contributed by atoms with Crippen molar-refractivity contribution in [2.45, 2.75) is 47.0 Å². The molecule has 0 fully saturated rings. The van der Waals surface area contributed by atoms with E-state index in [4.69, 9.17) is 5.26 Å². The Hall–Kier alpha value is -1.04. The lowest BCUT2D eigenvalue weighted by molar-refractivity contribution is -0.117. The molecule has 0 spiro atoms. The summed E-state index contributed by atoms with van der Waals surface area (Å²) >= 11 is 0. The number of amides is 1. The summed E-state index contributed by atoms with van der Waals surface area (Å²) < 4.78 is 0. The molecule has 0 saturated heterocycles. The van der Waals surface area contributed by atoms with Gasteiger partial charge in [-0.25, -0.2) is 0 Å². The Bertz CT molecular complexity index is 116. The molecule has 0 radical (unpaired) electrons. The van der Waals surface area contributed by atoms with Crippen LogP contribution in [0.1, 0.15) is 47.0 Å². The number of nitrogens with two attached hydrogens (primary N) is 1. The van der Waals surface area contributed by atoms with Crippen LogP contribution in [0.4, 0.5) is 0 Å². The smallest absolute Gasteiger partial charge is 0.217 e. The number of nitrogens with zero attached hydrogens (tertiary/aromatic N) is 1. The van der Waals surface area contributed by atoms with E-state index in [0.29, 0.717) is 12.8 Å². The van der Waals surface area contributed by atoms with E-state index in [1.165, 1.54) is 6.42 Å². The minimum absolute atomic E-state index is 0.245. The topological polar surface area (TPSA) is 66.9 Å². The van der Waals surface area contributed by atoms with Gasteiger partial charge in [0.2, 0.25) is 5.91 Å². The summed E-state index contributed by atoms with van der Waals surface area (Å²) in [7, 11) is 0. The van der Waals surface area contributed by atoms with Crippen LogP contribution in [0.25, 0.3) is 0 Å². The lowest BCUT2D eigenvalue weighted by Crippen LogP contribution is -2.06. The molecule has 1 amide bonds. The van der Waals surface area contributed by atoms with Crippen molar-refractivity contribution in [1.82, 2.24) is 0 Å². The Labute approximate surface area is 75.6 Å². The van der Waals surface area contributed by atoms with Gasteiger partial charge in [0, 0.05) is 12.8 Å². The Morgan fingerprint density at radius 1 is 1.33 bits per heavy atom. The van der Waals surface area contributed by atoms with Crippen molar-refractivity contribution in [2.24, 2.45) is 5.73 Å². The first-order valence-corrected chi connectivity index (χ1v) is 4.25. The number of nitriles is 1. The highest BCUT2D eigenvalue weighted by molar-refractivity contribution is 5.73. The van der Waals surface area contributed by atoms with Crippen molar-refractivity contribution >= 4 is 5.91 Å². The van der Waals surface area contributed by atoms with Gasteiger partial charge in [0.1, 0.15) is 0 Å². The number of rotatable bonds is 1. The van der Waals surface area contributed by atoms with E-state index in [1.807, 2.05) is 13.0 Å². The van der Waals surface area contributed by atoms with Gasteiger partial charge in [-0.15, -0.1) is 0 Å². The first-order valence-electron chi connectivity index (χ1n) is 4.25. The van der Waals surface area contributed by atoms with E-state index in [-0.39, 0.29) is 5.91 Å². The average molecular weight is 172 g/mol. The molecule has 0 atom stereocenters. The van der Waals surface area contributed by atoms with Crippen LogP contribution < -0.4 is 5.73 Å². The van der Waals surface area contributed by atoms with Crippen molar-refractivity contribution in [3.8, 4) is 6.07 Å². The highest BCUT2D eigenvalue weighted by Gasteiger charge is 1.77. The number of carbonyl (C=O) groups is 1. The average Bonchev–Trinajstić information content (AvgIpc) is 2.06. The van der Waals surface area contributed by atoms with Crippen LogP contribution in [0.15, 0.2) is 0 Å². The zero-order valence-corrected chi connectivity index (χ0v) is 8.55. The summed E-state index contributed by atoms with van der Waals surface area (Å²) in [6.07, 6.45) is 2.32. The second-order valence-corrected chi connectivity index (χ2v) is 2.04. The van der Waals surface area contributed by atoms with Crippen LogP contribution in [0, 0.1) is 11.3 Å². The predicted molar refractivity (Wildman–Crippen MR) is 51.4 cm³/mol. The molecule has 0 aliphatic rings. The molecule has 0 bridgehead atoms. The predicted octanol–water partition coefficient (Wildman–Crippen LogP) is 2.22. The third-order valence-corrected chi connectivity index (χ3v) is 0.507. The van der Waals surface area contributed by atoms with Gasteiger partial charge in [-0.05, 0) is 0 Å². The SMILES string of the molecule is CCC.CCC#N.CCC(N)=O. The molecular formula is C9H20N2O. The zero-order chi connectivity index (χ0) is 10.4. The van der Waals surface area contributed by atoms with Gasteiger partial charge >= 0.3 is 0 Å². The molecule has 0 aliphatic carbocycles. The number of hydrogen-bond acceptors (Lipinski definition) is 2. The van der Waals surface area contributed by atoms with Gasteiger partial charge in [-0.3, -0.25) is 4.79 Å². The molecular weight excluding hydrogens is 152 g/mol. The number of carbonyl (C=O) groups excluding carboxylic acids is 1. The maximum absolute atomic E-state index is 9.59.